The third-order valence-corrected chi connectivity index (χ3v) is 5.92. The molecule has 0 spiro atoms. The van der Waals surface area contributed by atoms with Gasteiger partial charge in [-0.15, -0.1) is 10.2 Å². The molecule has 0 saturated heterocycles. The average molecular weight is 434 g/mol. The third kappa shape index (κ3) is 4.92. The van der Waals surface area contributed by atoms with Crippen molar-refractivity contribution in [1.29, 1.82) is 0 Å². The summed E-state index contributed by atoms with van der Waals surface area (Å²) >= 11 is 1.37. The van der Waals surface area contributed by atoms with Crippen molar-refractivity contribution in [2.24, 2.45) is 0 Å². The number of carbonyl (C=O) groups is 1. The summed E-state index contributed by atoms with van der Waals surface area (Å²) in [6, 6.07) is 17.7. The van der Waals surface area contributed by atoms with Crippen molar-refractivity contribution in [2.45, 2.75) is 23.9 Å². The van der Waals surface area contributed by atoms with Crippen LogP contribution in [0.15, 0.2) is 72.1 Å². The average Bonchev–Trinajstić information content (AvgIpc) is 3.20. The van der Waals surface area contributed by atoms with Gasteiger partial charge in [0.05, 0.1) is 18.4 Å². The van der Waals surface area contributed by atoms with Crippen molar-refractivity contribution < 1.29 is 9.53 Å². The fraction of sp³-hybridized carbons (Fsp3) is 0.217. The van der Waals surface area contributed by atoms with Crippen LogP contribution < -0.4 is 5.32 Å². The van der Waals surface area contributed by atoms with E-state index in [1.807, 2.05) is 66.1 Å². The van der Waals surface area contributed by atoms with Crippen LogP contribution in [0.1, 0.15) is 6.92 Å². The number of hydrogen-bond acceptors (Lipinski definition) is 6. The Balaban J connectivity index is 1.50. The summed E-state index contributed by atoms with van der Waals surface area (Å²) < 4.78 is 7.23. The van der Waals surface area contributed by atoms with Gasteiger partial charge in [0.2, 0.25) is 5.91 Å². The van der Waals surface area contributed by atoms with Crippen LogP contribution in [-0.2, 0) is 16.1 Å². The number of fused-ring (bicyclic) bond motifs is 1. The monoisotopic (exact) mass is 433 g/mol. The molecule has 7 nitrogen and oxygen atoms in total. The normalized spacial score (nSPS) is 12.1. The molecule has 1 atom stereocenters. The SMILES string of the molecule is COCCn1c(SC(C)C(=O)Nc2ccc3ccccc3c2)nnc1-c1ccncc1. The molecule has 1 amide bonds. The van der Waals surface area contributed by atoms with Crippen molar-refractivity contribution in [3.8, 4) is 11.4 Å². The lowest BCUT2D eigenvalue weighted by Gasteiger charge is -2.14. The first kappa shape index (κ1) is 21.0. The van der Waals surface area contributed by atoms with Gasteiger partial charge < -0.3 is 10.1 Å². The van der Waals surface area contributed by atoms with Gasteiger partial charge in [0.25, 0.3) is 0 Å². The van der Waals surface area contributed by atoms with Crippen LogP contribution in [0.2, 0.25) is 0 Å². The van der Waals surface area contributed by atoms with Gasteiger partial charge in [0, 0.05) is 30.8 Å². The summed E-state index contributed by atoms with van der Waals surface area (Å²) in [5.41, 5.74) is 1.69. The summed E-state index contributed by atoms with van der Waals surface area (Å²) in [6.07, 6.45) is 3.44. The Morgan fingerprint density at radius 2 is 1.87 bits per heavy atom. The highest BCUT2D eigenvalue weighted by atomic mass is 32.2. The van der Waals surface area contributed by atoms with E-state index in [9.17, 15) is 4.79 Å². The maximum atomic E-state index is 12.8. The standard InChI is InChI=1S/C23H23N5O2S/c1-16(22(29)25-20-8-7-17-5-3-4-6-19(17)15-20)31-23-27-26-21(28(23)13-14-30-2)18-9-11-24-12-10-18/h3-12,15-16H,13-14H2,1-2H3,(H,25,29). The molecule has 0 aliphatic carbocycles. The molecule has 1 N–H and O–H groups in total. The predicted molar refractivity (Wildman–Crippen MR) is 123 cm³/mol. The van der Waals surface area contributed by atoms with E-state index in [1.165, 1.54) is 11.8 Å². The van der Waals surface area contributed by atoms with Gasteiger partial charge in [-0.3, -0.25) is 14.3 Å². The quantitative estimate of drug-likeness (QED) is 0.418. The van der Waals surface area contributed by atoms with Gasteiger partial charge in [-0.05, 0) is 42.0 Å². The van der Waals surface area contributed by atoms with Crippen molar-refractivity contribution in [3.63, 3.8) is 0 Å². The van der Waals surface area contributed by atoms with Crippen LogP contribution in [0.25, 0.3) is 22.2 Å². The smallest absolute Gasteiger partial charge is 0.237 e. The number of pyridine rings is 1. The van der Waals surface area contributed by atoms with E-state index in [-0.39, 0.29) is 11.2 Å². The minimum Gasteiger partial charge on any atom is -0.383 e. The molecule has 2 heterocycles. The van der Waals surface area contributed by atoms with E-state index >= 15 is 0 Å². The highest BCUT2D eigenvalue weighted by Crippen LogP contribution is 2.27. The third-order valence-electron chi connectivity index (χ3n) is 4.84. The number of ether oxygens (including phenoxy) is 1. The lowest BCUT2D eigenvalue weighted by Crippen LogP contribution is -2.23. The predicted octanol–water partition coefficient (Wildman–Crippen LogP) is 4.26. The molecule has 0 aliphatic heterocycles. The van der Waals surface area contributed by atoms with Gasteiger partial charge in [0.1, 0.15) is 0 Å². The Bertz CT molecular complexity index is 1180. The first-order chi connectivity index (χ1) is 15.2. The van der Waals surface area contributed by atoms with E-state index in [2.05, 4.69) is 20.5 Å². The number of methoxy groups -OCH3 is 1. The molecule has 2 aromatic heterocycles. The molecule has 0 saturated carbocycles. The number of rotatable bonds is 8. The molecular weight excluding hydrogens is 410 g/mol. The number of amides is 1. The summed E-state index contributed by atoms with van der Waals surface area (Å²) in [7, 11) is 1.66. The van der Waals surface area contributed by atoms with Crippen molar-refractivity contribution >= 4 is 34.1 Å². The molecule has 4 rings (SSSR count). The van der Waals surface area contributed by atoms with Crippen LogP contribution in [0, 0.1) is 0 Å². The maximum Gasteiger partial charge on any atom is 0.237 e. The Morgan fingerprint density at radius 3 is 2.65 bits per heavy atom. The van der Waals surface area contributed by atoms with Crippen molar-refractivity contribution in [1.82, 2.24) is 19.7 Å². The van der Waals surface area contributed by atoms with Crippen LogP contribution >= 0.6 is 11.8 Å². The second kappa shape index (κ2) is 9.72. The number of nitrogens with one attached hydrogen (secondary N) is 1. The van der Waals surface area contributed by atoms with Gasteiger partial charge >= 0.3 is 0 Å². The fourth-order valence-corrected chi connectivity index (χ4v) is 4.07. The van der Waals surface area contributed by atoms with Crippen LogP contribution in [0.5, 0.6) is 0 Å². The summed E-state index contributed by atoms with van der Waals surface area (Å²) in [4.78, 5) is 16.9. The van der Waals surface area contributed by atoms with Crippen molar-refractivity contribution in [3.05, 3.63) is 67.0 Å². The fourth-order valence-electron chi connectivity index (χ4n) is 3.20. The number of thioether (sulfide) groups is 1. The van der Waals surface area contributed by atoms with E-state index < -0.39 is 0 Å². The molecule has 4 aromatic rings. The number of hydrogen-bond donors (Lipinski definition) is 1. The Morgan fingerprint density at radius 1 is 1.10 bits per heavy atom. The van der Waals surface area contributed by atoms with E-state index in [0.717, 1.165) is 27.8 Å². The minimum absolute atomic E-state index is 0.0907. The zero-order chi connectivity index (χ0) is 21.6. The van der Waals surface area contributed by atoms with E-state index in [0.29, 0.717) is 18.3 Å². The number of carbonyl (C=O) groups excluding carboxylic acids is 1. The molecule has 158 valence electrons. The van der Waals surface area contributed by atoms with E-state index in [1.54, 1.807) is 19.5 Å². The largest absolute Gasteiger partial charge is 0.383 e. The minimum atomic E-state index is -0.359. The van der Waals surface area contributed by atoms with Gasteiger partial charge in [0.15, 0.2) is 11.0 Å². The number of anilines is 1. The molecule has 1 unspecified atom stereocenters. The molecule has 8 heteroatoms. The molecule has 0 fully saturated rings. The van der Waals surface area contributed by atoms with Crippen molar-refractivity contribution in [2.75, 3.05) is 19.0 Å². The van der Waals surface area contributed by atoms with Gasteiger partial charge in [-0.1, -0.05) is 42.1 Å². The highest BCUT2D eigenvalue weighted by Gasteiger charge is 2.21. The topological polar surface area (TPSA) is 81.9 Å². The Labute approximate surface area is 184 Å². The first-order valence-corrected chi connectivity index (χ1v) is 10.8. The van der Waals surface area contributed by atoms with Crippen LogP contribution in [0.4, 0.5) is 5.69 Å². The van der Waals surface area contributed by atoms with Crippen LogP contribution in [0.3, 0.4) is 0 Å². The summed E-state index contributed by atoms with van der Waals surface area (Å²) in [5.74, 6) is 0.635. The summed E-state index contributed by atoms with van der Waals surface area (Å²) in [6.45, 7) is 2.96. The Kier molecular flexibility index (Phi) is 6.59. The number of aromatic nitrogens is 4. The molecule has 0 bridgehead atoms. The molecule has 0 radical (unpaired) electrons. The molecule has 2 aromatic carbocycles. The summed E-state index contributed by atoms with van der Waals surface area (Å²) in [5, 5.41) is 14.2. The zero-order valence-corrected chi connectivity index (χ0v) is 18.2. The molecule has 31 heavy (non-hydrogen) atoms. The second-order valence-electron chi connectivity index (χ2n) is 7.00. The van der Waals surface area contributed by atoms with E-state index in [4.69, 9.17) is 4.74 Å². The lowest BCUT2D eigenvalue weighted by molar-refractivity contribution is -0.115. The van der Waals surface area contributed by atoms with Gasteiger partial charge in [-0.2, -0.15) is 0 Å². The number of nitrogens with zero attached hydrogens (tertiary/aromatic N) is 4. The second-order valence-corrected chi connectivity index (χ2v) is 8.31. The lowest BCUT2D eigenvalue weighted by atomic mass is 10.1. The first-order valence-electron chi connectivity index (χ1n) is 9.94. The maximum absolute atomic E-state index is 12.8. The highest BCUT2D eigenvalue weighted by molar-refractivity contribution is 8.00. The van der Waals surface area contributed by atoms with Crippen LogP contribution in [-0.4, -0.2) is 44.6 Å². The zero-order valence-electron chi connectivity index (χ0n) is 17.4. The Hall–Kier alpha value is -3.23. The molecular formula is C23H23N5O2S. The van der Waals surface area contributed by atoms with Gasteiger partial charge in [-0.25, -0.2) is 0 Å². The molecule has 0 aliphatic rings. The number of benzene rings is 2.